The molecule has 0 fully saturated rings. The zero-order valence-electron chi connectivity index (χ0n) is 14.4. The fourth-order valence-electron chi connectivity index (χ4n) is 2.07. The third kappa shape index (κ3) is 5.27. The molecule has 146 valence electrons. The number of carbonyl (C=O) groups excluding carboxylic acids is 3. The molecule has 0 aromatic heterocycles. The van der Waals surface area contributed by atoms with Gasteiger partial charge in [0.1, 0.15) is 0 Å². The second kappa shape index (κ2) is 8.96. The molecule has 0 saturated carbocycles. The Morgan fingerprint density at radius 2 is 1.82 bits per heavy atom. The smallest absolute Gasteiger partial charge is 0.330 e. The largest absolute Gasteiger partial charge is 0.466 e. The van der Waals surface area contributed by atoms with E-state index in [9.17, 15) is 23.2 Å². The van der Waals surface area contributed by atoms with E-state index in [1.165, 1.54) is 31.4 Å². The Balaban J connectivity index is 2.18. The summed E-state index contributed by atoms with van der Waals surface area (Å²) in [4.78, 5) is 35.4. The first kappa shape index (κ1) is 20.8. The average Bonchev–Trinajstić information content (AvgIpc) is 2.63. The number of nitrogens with one attached hydrogen (secondary N) is 2. The highest BCUT2D eigenvalue weighted by atomic mass is 35.5. The zero-order valence-corrected chi connectivity index (χ0v) is 15.1. The van der Waals surface area contributed by atoms with Crippen LogP contribution in [0.1, 0.15) is 15.9 Å². The number of methoxy groups -OCH3 is 1. The number of nitrogens with two attached hydrogens (primary N) is 1. The normalized spacial score (nSPS) is 10.6. The molecule has 2 aromatic rings. The van der Waals surface area contributed by atoms with Crippen LogP contribution in [0, 0.1) is 11.6 Å². The molecule has 0 aliphatic rings. The fraction of sp³-hybridized carbons (Fsp3) is 0.0556. The number of carbonyl (C=O) groups is 3. The predicted octanol–water partition coefficient (Wildman–Crippen LogP) is 3.35. The first-order valence-corrected chi connectivity index (χ1v) is 8.01. The third-order valence-electron chi connectivity index (χ3n) is 3.41. The first-order valence-electron chi connectivity index (χ1n) is 7.63. The lowest BCUT2D eigenvalue weighted by molar-refractivity contribution is -0.134. The van der Waals surface area contributed by atoms with Gasteiger partial charge in [0.25, 0.3) is 5.91 Å². The molecule has 0 unspecified atom stereocenters. The van der Waals surface area contributed by atoms with Gasteiger partial charge in [-0.15, -0.1) is 0 Å². The van der Waals surface area contributed by atoms with Crippen LogP contribution in [0.2, 0.25) is 5.02 Å². The number of esters is 1. The summed E-state index contributed by atoms with van der Waals surface area (Å²) in [6.07, 6.45) is 2.50. The van der Waals surface area contributed by atoms with Crippen molar-refractivity contribution in [2.24, 2.45) is 0 Å². The standard InChI is InChI=1S/C18H14ClF2N3O4/c1-28-16(25)5-3-9-2-4-10(22)6-15(9)23-18(27)24-17(26)11-7-13(20)14(21)8-12(11)19/h2-8H,22H2,1H3,(H2,23,24,26,27)/b5-3+. The van der Waals surface area contributed by atoms with E-state index in [0.717, 1.165) is 6.08 Å². The van der Waals surface area contributed by atoms with Crippen LogP contribution in [-0.2, 0) is 9.53 Å². The van der Waals surface area contributed by atoms with Crippen LogP contribution in [0.5, 0.6) is 0 Å². The summed E-state index contributed by atoms with van der Waals surface area (Å²) in [5.41, 5.74) is 6.14. The molecule has 7 nitrogen and oxygen atoms in total. The molecule has 0 aliphatic carbocycles. The Labute approximate surface area is 163 Å². The van der Waals surface area contributed by atoms with Gasteiger partial charge in [0, 0.05) is 11.8 Å². The highest BCUT2D eigenvalue weighted by Crippen LogP contribution is 2.22. The molecule has 0 radical (unpaired) electrons. The van der Waals surface area contributed by atoms with Gasteiger partial charge >= 0.3 is 12.0 Å². The third-order valence-corrected chi connectivity index (χ3v) is 3.72. The van der Waals surface area contributed by atoms with Crippen molar-refractivity contribution in [2.75, 3.05) is 18.2 Å². The molecule has 4 N–H and O–H groups in total. The van der Waals surface area contributed by atoms with Gasteiger partial charge in [-0.25, -0.2) is 18.4 Å². The van der Waals surface area contributed by atoms with Crippen molar-refractivity contribution in [2.45, 2.75) is 0 Å². The van der Waals surface area contributed by atoms with E-state index in [2.05, 4.69) is 10.1 Å². The zero-order chi connectivity index (χ0) is 20.8. The van der Waals surface area contributed by atoms with Crippen LogP contribution in [0.3, 0.4) is 0 Å². The van der Waals surface area contributed by atoms with Crippen molar-refractivity contribution in [3.8, 4) is 0 Å². The number of hydrogen-bond acceptors (Lipinski definition) is 5. The van der Waals surface area contributed by atoms with Crippen molar-refractivity contribution in [3.05, 3.63) is 64.2 Å². The maximum atomic E-state index is 13.3. The van der Waals surface area contributed by atoms with E-state index in [-0.39, 0.29) is 10.7 Å². The SMILES string of the molecule is COC(=O)/C=C/c1ccc(N)cc1NC(=O)NC(=O)c1cc(F)c(F)cc1Cl. The number of halogens is 3. The van der Waals surface area contributed by atoms with Gasteiger partial charge in [-0.1, -0.05) is 17.7 Å². The molecule has 0 atom stereocenters. The molecule has 3 amide bonds. The van der Waals surface area contributed by atoms with E-state index in [4.69, 9.17) is 17.3 Å². The van der Waals surface area contributed by atoms with E-state index in [0.29, 0.717) is 23.4 Å². The van der Waals surface area contributed by atoms with Gasteiger partial charge in [0.15, 0.2) is 11.6 Å². The quantitative estimate of drug-likeness (QED) is 0.310. The first-order chi connectivity index (χ1) is 13.2. The number of hydrogen-bond donors (Lipinski definition) is 3. The number of amides is 3. The van der Waals surface area contributed by atoms with Gasteiger partial charge in [-0.3, -0.25) is 10.1 Å². The molecule has 0 spiro atoms. The van der Waals surface area contributed by atoms with Crippen molar-refractivity contribution in [1.82, 2.24) is 5.32 Å². The van der Waals surface area contributed by atoms with Gasteiger partial charge in [0.05, 0.1) is 23.4 Å². The number of anilines is 2. The number of urea groups is 1. The second-order valence-electron chi connectivity index (χ2n) is 5.36. The van der Waals surface area contributed by atoms with Gasteiger partial charge in [0.2, 0.25) is 0 Å². The lowest BCUT2D eigenvalue weighted by Gasteiger charge is -2.11. The van der Waals surface area contributed by atoms with E-state index in [1.54, 1.807) is 0 Å². The minimum atomic E-state index is -1.29. The summed E-state index contributed by atoms with van der Waals surface area (Å²) in [5, 5.41) is 3.94. The summed E-state index contributed by atoms with van der Waals surface area (Å²) < 4.78 is 30.9. The van der Waals surface area contributed by atoms with Crippen LogP contribution in [0.15, 0.2) is 36.4 Å². The van der Waals surface area contributed by atoms with Crippen molar-refractivity contribution in [3.63, 3.8) is 0 Å². The second-order valence-corrected chi connectivity index (χ2v) is 5.76. The molecular weight excluding hydrogens is 396 g/mol. The van der Waals surface area contributed by atoms with Crippen molar-refractivity contribution in [1.29, 1.82) is 0 Å². The number of ether oxygens (including phenoxy) is 1. The molecule has 0 aliphatic heterocycles. The summed E-state index contributed by atoms with van der Waals surface area (Å²) >= 11 is 5.70. The minimum Gasteiger partial charge on any atom is -0.466 e. The highest BCUT2D eigenvalue weighted by Gasteiger charge is 2.17. The Morgan fingerprint density at radius 3 is 2.50 bits per heavy atom. The van der Waals surface area contributed by atoms with Crippen LogP contribution in [-0.4, -0.2) is 25.0 Å². The Morgan fingerprint density at radius 1 is 1.14 bits per heavy atom. The number of imide groups is 1. The van der Waals surface area contributed by atoms with E-state index >= 15 is 0 Å². The molecule has 10 heteroatoms. The molecule has 0 heterocycles. The van der Waals surface area contributed by atoms with Crippen LogP contribution >= 0.6 is 11.6 Å². The lowest BCUT2D eigenvalue weighted by atomic mass is 10.1. The van der Waals surface area contributed by atoms with Gasteiger partial charge in [-0.05, 0) is 35.9 Å². The molecular formula is C18H14ClF2N3O4. The van der Waals surface area contributed by atoms with Crippen molar-refractivity contribution < 1.29 is 27.9 Å². The van der Waals surface area contributed by atoms with Crippen LogP contribution in [0.25, 0.3) is 6.08 Å². The lowest BCUT2D eigenvalue weighted by Crippen LogP contribution is -2.34. The molecule has 0 saturated heterocycles. The predicted molar refractivity (Wildman–Crippen MR) is 99.8 cm³/mol. The average molecular weight is 410 g/mol. The maximum Gasteiger partial charge on any atom is 0.330 e. The Kier molecular flexibility index (Phi) is 6.67. The number of nitrogen functional groups attached to an aromatic ring is 1. The van der Waals surface area contributed by atoms with E-state index in [1.807, 2.05) is 5.32 Å². The minimum absolute atomic E-state index is 0.182. The van der Waals surface area contributed by atoms with Crippen LogP contribution in [0.4, 0.5) is 25.0 Å². The van der Waals surface area contributed by atoms with Crippen LogP contribution < -0.4 is 16.4 Å². The maximum absolute atomic E-state index is 13.3. The summed E-state index contributed by atoms with van der Waals surface area (Å²) in [5.74, 6) is -4.18. The summed E-state index contributed by atoms with van der Waals surface area (Å²) in [6.45, 7) is 0. The molecule has 2 aromatic carbocycles. The topological polar surface area (TPSA) is 111 Å². The molecule has 0 bridgehead atoms. The number of benzene rings is 2. The monoisotopic (exact) mass is 409 g/mol. The fourth-order valence-corrected chi connectivity index (χ4v) is 2.31. The Bertz CT molecular complexity index is 980. The molecule has 2 rings (SSSR count). The van der Waals surface area contributed by atoms with Gasteiger partial charge in [-0.2, -0.15) is 0 Å². The molecule has 28 heavy (non-hydrogen) atoms. The summed E-state index contributed by atoms with van der Waals surface area (Å²) in [6, 6.07) is 4.67. The summed E-state index contributed by atoms with van der Waals surface area (Å²) in [7, 11) is 1.21. The van der Waals surface area contributed by atoms with Gasteiger partial charge < -0.3 is 15.8 Å². The number of rotatable bonds is 4. The highest BCUT2D eigenvalue weighted by molar-refractivity contribution is 6.34. The van der Waals surface area contributed by atoms with Crippen molar-refractivity contribution >= 4 is 47.0 Å². The Hall–Kier alpha value is -3.46. The van der Waals surface area contributed by atoms with E-state index < -0.39 is 35.1 Å².